The van der Waals surface area contributed by atoms with Gasteiger partial charge in [0.1, 0.15) is 12.3 Å². The third kappa shape index (κ3) is 5.87. The van der Waals surface area contributed by atoms with Crippen LogP contribution < -0.4 is 5.32 Å². The zero-order chi connectivity index (χ0) is 29.4. The van der Waals surface area contributed by atoms with E-state index in [2.05, 4.69) is 5.32 Å². The van der Waals surface area contributed by atoms with Crippen molar-refractivity contribution in [3.8, 4) is 5.69 Å². The minimum Gasteiger partial charge on any atom is -0.457 e. The maximum atomic E-state index is 13.7. The molecule has 0 aliphatic heterocycles. The molecule has 0 saturated heterocycles. The van der Waals surface area contributed by atoms with E-state index in [1.54, 1.807) is 35.1 Å². The molecule has 1 aromatic heterocycles. The molecule has 8 rings (SSSR count). The SMILES string of the molecule is Cc1ccccc1-n1cc(C(=O)Nc2cccc(C(=O)OCc3ccccc3)c2)c(COC23CC4CC(CC(C4)C2)C3)n1. The molecule has 1 heterocycles. The Balaban J connectivity index is 1.10. The molecular weight excluding hydrogens is 538 g/mol. The third-order valence-electron chi connectivity index (χ3n) is 9.46. The van der Waals surface area contributed by atoms with E-state index in [9.17, 15) is 9.59 Å². The highest BCUT2D eigenvalue weighted by atomic mass is 16.5. The molecule has 43 heavy (non-hydrogen) atoms. The Bertz CT molecular complexity index is 1610. The van der Waals surface area contributed by atoms with Crippen LogP contribution in [0.25, 0.3) is 5.69 Å². The van der Waals surface area contributed by atoms with E-state index >= 15 is 0 Å². The summed E-state index contributed by atoms with van der Waals surface area (Å²) in [5.74, 6) is 1.57. The molecule has 4 aliphatic rings. The number of esters is 1. The Kier molecular flexibility index (Phi) is 7.35. The summed E-state index contributed by atoms with van der Waals surface area (Å²) in [6.45, 7) is 2.51. The highest BCUT2D eigenvalue weighted by molar-refractivity contribution is 6.05. The monoisotopic (exact) mass is 575 g/mol. The second kappa shape index (κ2) is 11.5. The number of aryl methyl sites for hydroxylation is 1. The van der Waals surface area contributed by atoms with Crippen LogP contribution in [0, 0.1) is 24.7 Å². The van der Waals surface area contributed by atoms with E-state index in [4.69, 9.17) is 14.6 Å². The van der Waals surface area contributed by atoms with Crippen LogP contribution in [0.3, 0.4) is 0 Å². The summed E-state index contributed by atoms with van der Waals surface area (Å²) in [5, 5.41) is 7.86. The predicted octanol–water partition coefficient (Wildman–Crippen LogP) is 7.28. The molecule has 7 heteroatoms. The number of anilines is 1. The van der Waals surface area contributed by atoms with E-state index in [1.165, 1.54) is 19.3 Å². The van der Waals surface area contributed by atoms with Crippen molar-refractivity contribution >= 4 is 17.6 Å². The number of ether oxygens (including phenoxy) is 2. The van der Waals surface area contributed by atoms with Gasteiger partial charge in [0.05, 0.1) is 29.0 Å². The Morgan fingerprint density at radius 3 is 2.30 bits per heavy atom. The standard InChI is InChI=1S/C36H37N3O4/c1-24-8-5-6-13-33(24)39-21-31(32(38-39)23-43-36-18-26-14-27(19-36)16-28(15-26)20-36)34(40)37-30-12-7-11-29(17-30)35(41)42-22-25-9-3-2-4-10-25/h2-13,17,21,26-28H,14-16,18-20,22-23H2,1H3,(H,37,40). The molecule has 220 valence electrons. The number of aromatic nitrogens is 2. The van der Waals surface area contributed by atoms with Crippen LogP contribution in [0.15, 0.2) is 85.1 Å². The summed E-state index contributed by atoms with van der Waals surface area (Å²) in [7, 11) is 0. The molecule has 0 radical (unpaired) electrons. The van der Waals surface area contributed by atoms with Crippen LogP contribution in [0.5, 0.6) is 0 Å². The topological polar surface area (TPSA) is 82.5 Å². The summed E-state index contributed by atoms with van der Waals surface area (Å²) < 4.78 is 14.0. The lowest BCUT2D eigenvalue weighted by molar-refractivity contribution is -0.169. The zero-order valence-corrected chi connectivity index (χ0v) is 24.5. The highest BCUT2D eigenvalue weighted by Gasteiger charge is 2.51. The van der Waals surface area contributed by atoms with E-state index in [0.29, 0.717) is 29.1 Å². The van der Waals surface area contributed by atoms with Gasteiger partial charge in [-0.25, -0.2) is 9.48 Å². The lowest BCUT2D eigenvalue weighted by atomic mass is 9.54. The number of benzene rings is 3. The Labute approximate surface area is 252 Å². The van der Waals surface area contributed by atoms with Crippen molar-refractivity contribution < 1.29 is 19.1 Å². The number of nitrogens with one attached hydrogen (secondary N) is 1. The smallest absolute Gasteiger partial charge is 0.338 e. The van der Waals surface area contributed by atoms with Crippen LogP contribution in [-0.4, -0.2) is 27.3 Å². The molecule has 4 saturated carbocycles. The van der Waals surface area contributed by atoms with Crippen molar-refractivity contribution in [1.29, 1.82) is 0 Å². The van der Waals surface area contributed by atoms with Crippen molar-refractivity contribution in [2.75, 3.05) is 5.32 Å². The normalized spacial score (nSPS) is 23.7. The minimum atomic E-state index is -0.447. The van der Waals surface area contributed by atoms with E-state index in [1.807, 2.05) is 61.5 Å². The second-order valence-corrected chi connectivity index (χ2v) is 12.7. The van der Waals surface area contributed by atoms with Gasteiger partial charge >= 0.3 is 5.97 Å². The number of rotatable bonds is 9. The van der Waals surface area contributed by atoms with Crippen LogP contribution in [0.2, 0.25) is 0 Å². The van der Waals surface area contributed by atoms with Crippen molar-refractivity contribution in [2.24, 2.45) is 17.8 Å². The maximum absolute atomic E-state index is 13.7. The van der Waals surface area contributed by atoms with Crippen LogP contribution >= 0.6 is 0 Å². The fraction of sp³-hybridized carbons (Fsp3) is 0.361. The Morgan fingerprint density at radius 1 is 0.884 bits per heavy atom. The fourth-order valence-corrected chi connectivity index (χ4v) is 7.81. The van der Waals surface area contributed by atoms with Gasteiger partial charge in [0.15, 0.2) is 0 Å². The molecule has 0 unspecified atom stereocenters. The van der Waals surface area contributed by atoms with E-state index in [-0.39, 0.29) is 18.1 Å². The summed E-state index contributed by atoms with van der Waals surface area (Å²) in [4.78, 5) is 26.5. The van der Waals surface area contributed by atoms with Crippen molar-refractivity contribution in [3.05, 3.63) is 113 Å². The van der Waals surface area contributed by atoms with Crippen molar-refractivity contribution in [1.82, 2.24) is 9.78 Å². The van der Waals surface area contributed by atoms with Gasteiger partial charge in [0.25, 0.3) is 5.91 Å². The molecule has 4 aliphatic carbocycles. The number of para-hydroxylation sites is 1. The first kappa shape index (κ1) is 27.6. The zero-order valence-electron chi connectivity index (χ0n) is 24.5. The first-order valence-corrected chi connectivity index (χ1v) is 15.3. The second-order valence-electron chi connectivity index (χ2n) is 12.7. The average Bonchev–Trinajstić information content (AvgIpc) is 3.43. The number of carbonyl (C=O) groups excluding carboxylic acids is 2. The molecule has 3 aromatic carbocycles. The third-order valence-corrected chi connectivity index (χ3v) is 9.46. The van der Waals surface area contributed by atoms with Gasteiger partial charge in [-0.2, -0.15) is 5.10 Å². The maximum Gasteiger partial charge on any atom is 0.338 e. The van der Waals surface area contributed by atoms with Crippen LogP contribution in [0.1, 0.15) is 76.1 Å². The van der Waals surface area contributed by atoms with E-state index < -0.39 is 5.97 Å². The number of hydrogen-bond donors (Lipinski definition) is 1. The lowest BCUT2D eigenvalue weighted by Crippen LogP contribution is -2.51. The molecule has 4 aromatic rings. The van der Waals surface area contributed by atoms with Crippen molar-refractivity contribution in [2.45, 2.75) is 64.3 Å². The summed E-state index contributed by atoms with van der Waals surface area (Å²) in [6, 6.07) is 24.4. The number of amides is 1. The number of nitrogens with zero attached hydrogens (tertiary/aromatic N) is 2. The molecule has 0 spiro atoms. The fourth-order valence-electron chi connectivity index (χ4n) is 7.81. The average molecular weight is 576 g/mol. The number of hydrogen-bond acceptors (Lipinski definition) is 5. The Hall–Kier alpha value is -4.23. The van der Waals surface area contributed by atoms with Gasteiger partial charge in [0, 0.05) is 11.9 Å². The van der Waals surface area contributed by atoms with Gasteiger partial charge in [-0.1, -0.05) is 54.6 Å². The van der Waals surface area contributed by atoms with Gasteiger partial charge in [-0.3, -0.25) is 4.79 Å². The summed E-state index contributed by atoms with van der Waals surface area (Å²) >= 11 is 0. The molecule has 4 fully saturated rings. The predicted molar refractivity (Wildman–Crippen MR) is 164 cm³/mol. The first-order chi connectivity index (χ1) is 20.9. The molecule has 0 atom stereocenters. The van der Waals surface area contributed by atoms with Crippen LogP contribution in [0.4, 0.5) is 5.69 Å². The largest absolute Gasteiger partial charge is 0.457 e. The molecule has 1 amide bonds. The van der Waals surface area contributed by atoms with Crippen LogP contribution in [-0.2, 0) is 22.7 Å². The van der Waals surface area contributed by atoms with Gasteiger partial charge < -0.3 is 14.8 Å². The summed E-state index contributed by atoms with van der Waals surface area (Å²) in [6.07, 6.45) is 9.17. The Morgan fingerprint density at radius 2 is 1.58 bits per heavy atom. The van der Waals surface area contributed by atoms with Gasteiger partial charge in [-0.15, -0.1) is 0 Å². The van der Waals surface area contributed by atoms with Gasteiger partial charge in [-0.05, 0) is 98.6 Å². The quantitative estimate of drug-likeness (QED) is 0.212. The highest BCUT2D eigenvalue weighted by Crippen LogP contribution is 2.57. The summed E-state index contributed by atoms with van der Waals surface area (Å²) in [5.41, 5.74) is 4.76. The molecule has 4 bridgehead atoms. The van der Waals surface area contributed by atoms with Gasteiger partial charge in [0.2, 0.25) is 0 Å². The lowest BCUT2D eigenvalue weighted by Gasteiger charge is -2.56. The number of carbonyl (C=O) groups is 2. The molecule has 7 nitrogen and oxygen atoms in total. The van der Waals surface area contributed by atoms with Crippen molar-refractivity contribution in [3.63, 3.8) is 0 Å². The molecular formula is C36H37N3O4. The first-order valence-electron chi connectivity index (χ1n) is 15.3. The minimum absolute atomic E-state index is 0.0939. The van der Waals surface area contributed by atoms with E-state index in [0.717, 1.165) is 53.8 Å². The molecule has 1 N–H and O–H groups in total.